The fourth-order valence-electron chi connectivity index (χ4n) is 8.97. The standard InChI is InChI=1S/C28H53NO3Si2/c1-27-16-14-21(32-34(7,8)9)18-20(27)10-11-22-23-12-13-25(28(23,2)17-15-24(22)27)26(29-30-3)19-31-33(4,5)6/h20-25H,10-19H2,1-9H3/t20-,21+,22-,23-,24-,25+,27-,28-/m0/s1. The van der Waals surface area contributed by atoms with E-state index in [1.165, 1.54) is 63.5 Å². The van der Waals surface area contributed by atoms with Gasteiger partial charge in [0, 0.05) is 12.0 Å². The molecule has 4 fully saturated rings. The fourth-order valence-corrected chi connectivity index (χ4v) is 10.8. The van der Waals surface area contributed by atoms with Crippen LogP contribution in [0.2, 0.25) is 39.3 Å². The van der Waals surface area contributed by atoms with Crippen LogP contribution < -0.4 is 0 Å². The summed E-state index contributed by atoms with van der Waals surface area (Å²) < 4.78 is 12.9. The first-order valence-electron chi connectivity index (χ1n) is 14.2. The van der Waals surface area contributed by atoms with Crippen molar-refractivity contribution in [3.8, 4) is 0 Å². The Bertz CT molecular complexity index is 760. The summed E-state index contributed by atoms with van der Waals surface area (Å²) in [6.07, 6.45) is 12.7. The molecule has 4 saturated carbocycles. The molecule has 0 heterocycles. The second-order valence-corrected chi connectivity index (χ2v) is 23.6. The van der Waals surface area contributed by atoms with Crippen molar-refractivity contribution in [1.29, 1.82) is 0 Å². The molecule has 0 aliphatic heterocycles. The SMILES string of the molecule is CON=C(CO[Si](C)(C)C)[C@H]1CC[C@H]2[C@@H]3CC[C@H]4C[C@H](O[Si](C)(C)C)CC[C@]4(C)[C@H]3CC[C@]12C. The van der Waals surface area contributed by atoms with Crippen LogP contribution in [0.25, 0.3) is 0 Å². The van der Waals surface area contributed by atoms with Crippen molar-refractivity contribution in [1.82, 2.24) is 0 Å². The smallest absolute Gasteiger partial charge is 0.184 e. The Balaban J connectivity index is 1.49. The molecule has 0 aromatic carbocycles. The zero-order valence-corrected chi connectivity index (χ0v) is 25.7. The van der Waals surface area contributed by atoms with E-state index in [2.05, 4.69) is 58.3 Å². The lowest BCUT2D eigenvalue weighted by atomic mass is 9.44. The van der Waals surface area contributed by atoms with Gasteiger partial charge in [-0.25, -0.2) is 0 Å². The van der Waals surface area contributed by atoms with Gasteiger partial charge in [0.2, 0.25) is 0 Å². The lowest BCUT2D eigenvalue weighted by molar-refractivity contribution is -0.121. The van der Waals surface area contributed by atoms with Crippen molar-refractivity contribution in [3.05, 3.63) is 0 Å². The van der Waals surface area contributed by atoms with E-state index in [1.807, 2.05) is 0 Å². The van der Waals surface area contributed by atoms with Gasteiger partial charge in [-0.15, -0.1) is 0 Å². The molecule has 4 rings (SSSR count). The van der Waals surface area contributed by atoms with E-state index in [4.69, 9.17) is 13.7 Å². The summed E-state index contributed by atoms with van der Waals surface area (Å²) >= 11 is 0. The summed E-state index contributed by atoms with van der Waals surface area (Å²) in [4.78, 5) is 5.36. The minimum Gasteiger partial charge on any atom is -0.415 e. The first kappa shape index (κ1) is 26.9. The highest BCUT2D eigenvalue weighted by Crippen LogP contribution is 2.67. The monoisotopic (exact) mass is 507 g/mol. The molecule has 0 amide bonds. The molecule has 0 aromatic heterocycles. The van der Waals surface area contributed by atoms with E-state index < -0.39 is 16.6 Å². The second kappa shape index (κ2) is 9.61. The topological polar surface area (TPSA) is 40.0 Å². The third-order valence-corrected chi connectivity index (χ3v) is 12.5. The molecule has 0 radical (unpaired) electrons. The van der Waals surface area contributed by atoms with Crippen LogP contribution >= 0.6 is 0 Å². The molecule has 0 N–H and O–H groups in total. The summed E-state index contributed by atoms with van der Waals surface area (Å²) in [5.74, 6) is 4.00. The van der Waals surface area contributed by atoms with Crippen molar-refractivity contribution in [2.24, 2.45) is 45.6 Å². The third-order valence-electron chi connectivity index (χ3n) is 10.4. The lowest BCUT2D eigenvalue weighted by Gasteiger charge is -2.61. The van der Waals surface area contributed by atoms with Crippen LogP contribution in [-0.4, -0.2) is 42.2 Å². The van der Waals surface area contributed by atoms with Crippen molar-refractivity contribution in [2.75, 3.05) is 13.7 Å². The Kier molecular flexibility index (Phi) is 7.59. The summed E-state index contributed by atoms with van der Waals surface area (Å²) in [6, 6.07) is 0. The van der Waals surface area contributed by atoms with Gasteiger partial charge in [-0.2, -0.15) is 0 Å². The maximum atomic E-state index is 6.61. The maximum Gasteiger partial charge on any atom is 0.184 e. The number of rotatable bonds is 7. The Morgan fingerprint density at radius 1 is 0.824 bits per heavy atom. The molecule has 0 unspecified atom stereocenters. The number of fused-ring (bicyclic) bond motifs is 5. The number of oxime groups is 1. The second-order valence-electron chi connectivity index (χ2n) is 14.6. The van der Waals surface area contributed by atoms with Gasteiger partial charge < -0.3 is 13.7 Å². The van der Waals surface area contributed by atoms with Crippen LogP contribution in [0.1, 0.15) is 71.6 Å². The van der Waals surface area contributed by atoms with E-state index >= 15 is 0 Å². The molecule has 4 aliphatic rings. The first-order chi connectivity index (χ1) is 15.8. The average Bonchev–Trinajstić information content (AvgIpc) is 3.07. The van der Waals surface area contributed by atoms with Crippen LogP contribution in [0.3, 0.4) is 0 Å². The van der Waals surface area contributed by atoms with E-state index in [1.54, 1.807) is 7.11 Å². The van der Waals surface area contributed by atoms with Crippen molar-refractivity contribution >= 4 is 22.3 Å². The lowest BCUT2D eigenvalue weighted by Crippen LogP contribution is -2.55. The minimum atomic E-state index is -1.59. The van der Waals surface area contributed by atoms with Gasteiger partial charge in [-0.3, -0.25) is 0 Å². The molecule has 4 nitrogen and oxygen atoms in total. The highest BCUT2D eigenvalue weighted by molar-refractivity contribution is 6.70. The Morgan fingerprint density at radius 3 is 2.15 bits per heavy atom. The summed E-state index contributed by atoms with van der Waals surface area (Å²) in [7, 11) is -1.35. The summed E-state index contributed by atoms with van der Waals surface area (Å²) in [5.41, 5.74) is 2.05. The van der Waals surface area contributed by atoms with Crippen molar-refractivity contribution in [3.63, 3.8) is 0 Å². The highest BCUT2D eigenvalue weighted by Gasteiger charge is 2.61. The quantitative estimate of drug-likeness (QED) is 0.201. The van der Waals surface area contributed by atoms with Gasteiger partial charge in [0.05, 0.1) is 12.3 Å². The molecule has 0 aromatic rings. The van der Waals surface area contributed by atoms with Gasteiger partial charge in [-0.05, 0) is 132 Å². The first-order valence-corrected chi connectivity index (χ1v) is 21.0. The van der Waals surface area contributed by atoms with Gasteiger partial charge in [-0.1, -0.05) is 19.0 Å². The molecule has 34 heavy (non-hydrogen) atoms. The predicted molar refractivity (Wildman–Crippen MR) is 147 cm³/mol. The molecule has 0 spiro atoms. The number of hydrogen-bond acceptors (Lipinski definition) is 4. The van der Waals surface area contributed by atoms with Crippen molar-refractivity contribution in [2.45, 2.75) is 117 Å². The molecule has 6 heteroatoms. The maximum absolute atomic E-state index is 6.61. The van der Waals surface area contributed by atoms with Crippen LogP contribution in [0.5, 0.6) is 0 Å². The molecule has 4 aliphatic carbocycles. The van der Waals surface area contributed by atoms with Crippen LogP contribution in [0.4, 0.5) is 0 Å². The van der Waals surface area contributed by atoms with E-state index in [0.717, 1.165) is 23.7 Å². The van der Waals surface area contributed by atoms with E-state index in [0.29, 0.717) is 29.5 Å². The largest absolute Gasteiger partial charge is 0.415 e. The van der Waals surface area contributed by atoms with Crippen LogP contribution in [-0.2, 0) is 13.7 Å². The van der Waals surface area contributed by atoms with Gasteiger partial charge in [0.1, 0.15) is 7.11 Å². The molecular formula is C28H53NO3Si2. The van der Waals surface area contributed by atoms with E-state index in [9.17, 15) is 0 Å². The molecule has 0 bridgehead atoms. The molecule has 196 valence electrons. The predicted octanol–water partition coefficient (Wildman–Crippen LogP) is 7.72. The van der Waals surface area contributed by atoms with Gasteiger partial charge in [0.15, 0.2) is 16.6 Å². The Hall–Kier alpha value is -0.176. The Labute approximate surface area is 212 Å². The van der Waals surface area contributed by atoms with E-state index in [-0.39, 0.29) is 0 Å². The van der Waals surface area contributed by atoms with Gasteiger partial charge >= 0.3 is 0 Å². The Morgan fingerprint density at radius 2 is 1.50 bits per heavy atom. The molecule has 8 atom stereocenters. The van der Waals surface area contributed by atoms with Crippen LogP contribution in [0.15, 0.2) is 5.16 Å². The molecule has 0 saturated heterocycles. The normalized spacial score (nSPS) is 43.1. The summed E-state index contributed by atoms with van der Waals surface area (Å²) in [5, 5.41) is 4.57. The number of hydrogen-bond donors (Lipinski definition) is 0. The number of nitrogens with zero attached hydrogens (tertiary/aromatic N) is 1. The minimum absolute atomic E-state index is 0.350. The van der Waals surface area contributed by atoms with Crippen LogP contribution in [0, 0.1) is 40.4 Å². The fraction of sp³-hybridized carbons (Fsp3) is 0.964. The van der Waals surface area contributed by atoms with Crippen molar-refractivity contribution < 1.29 is 13.7 Å². The summed E-state index contributed by atoms with van der Waals surface area (Å²) in [6.45, 7) is 19.8. The third kappa shape index (κ3) is 5.26. The average molecular weight is 508 g/mol. The zero-order chi connectivity index (χ0) is 24.9. The molecular weight excluding hydrogens is 454 g/mol. The zero-order valence-electron chi connectivity index (χ0n) is 23.7. The highest BCUT2D eigenvalue weighted by atomic mass is 28.4. The van der Waals surface area contributed by atoms with Gasteiger partial charge in [0.25, 0.3) is 0 Å².